The number of likely N-dealkylation sites (tertiary alicyclic amines) is 1. The Kier molecular flexibility index (Phi) is 6.90. The summed E-state index contributed by atoms with van der Waals surface area (Å²) in [7, 11) is 1.60. The Bertz CT molecular complexity index is 838. The fraction of sp³-hybridized carbons (Fsp3) is 0.500. The molecule has 0 aliphatic carbocycles. The molecule has 0 radical (unpaired) electrons. The molecule has 2 heterocycles. The van der Waals surface area contributed by atoms with Crippen LogP contribution in [0.5, 0.6) is 5.75 Å². The predicted octanol–water partition coefficient (Wildman–Crippen LogP) is 4.08. The topological polar surface area (TPSA) is 84.7 Å². The Morgan fingerprint density at radius 3 is 2.69 bits per heavy atom. The average Bonchev–Trinajstić information content (AvgIpc) is 3.23. The maximum Gasteiger partial charge on any atom is 0.292 e. The smallest absolute Gasteiger partial charge is 0.292 e. The molecule has 0 atom stereocenters. The standard InChI is InChI=1S/C22H29N3O4/c1-15(2)19-14-20(29-24-19)22(27)25-11-9-16(10-12-25)7-8-21(26)23-17-5-4-6-18(13-17)28-3/h4-6,13-16H,7-12H2,1-3H3,(H,23,26). The number of nitrogens with one attached hydrogen (secondary N) is 1. The number of ether oxygens (including phenoxy) is 1. The molecular weight excluding hydrogens is 370 g/mol. The highest BCUT2D eigenvalue weighted by atomic mass is 16.5. The van der Waals surface area contributed by atoms with Gasteiger partial charge in [-0.2, -0.15) is 0 Å². The number of amides is 2. The molecule has 0 spiro atoms. The minimum Gasteiger partial charge on any atom is -0.497 e. The second-order valence-electron chi connectivity index (χ2n) is 7.83. The van der Waals surface area contributed by atoms with Crippen molar-refractivity contribution in [2.45, 2.75) is 45.4 Å². The molecule has 1 aromatic carbocycles. The van der Waals surface area contributed by atoms with Crippen LogP contribution in [0.3, 0.4) is 0 Å². The van der Waals surface area contributed by atoms with Gasteiger partial charge in [0.05, 0.1) is 12.8 Å². The lowest BCUT2D eigenvalue weighted by Gasteiger charge is -2.31. The molecule has 29 heavy (non-hydrogen) atoms. The van der Waals surface area contributed by atoms with E-state index in [2.05, 4.69) is 10.5 Å². The zero-order valence-electron chi connectivity index (χ0n) is 17.3. The minimum atomic E-state index is -0.0985. The highest BCUT2D eigenvalue weighted by Crippen LogP contribution is 2.24. The molecule has 1 aliphatic heterocycles. The van der Waals surface area contributed by atoms with Gasteiger partial charge in [-0.25, -0.2) is 0 Å². The molecule has 1 fully saturated rings. The van der Waals surface area contributed by atoms with Gasteiger partial charge in [-0.1, -0.05) is 25.1 Å². The number of carbonyl (C=O) groups excluding carboxylic acids is 2. The summed E-state index contributed by atoms with van der Waals surface area (Å²) in [5, 5.41) is 6.88. The first-order valence-corrected chi connectivity index (χ1v) is 10.2. The summed E-state index contributed by atoms with van der Waals surface area (Å²) in [6.07, 6.45) is 3.07. The average molecular weight is 399 g/mol. The summed E-state index contributed by atoms with van der Waals surface area (Å²) in [5.41, 5.74) is 1.54. The Labute approximate surface area is 171 Å². The van der Waals surface area contributed by atoms with E-state index in [1.807, 2.05) is 36.9 Å². The lowest BCUT2D eigenvalue weighted by Crippen LogP contribution is -2.38. The molecule has 0 saturated carbocycles. The van der Waals surface area contributed by atoms with Crippen LogP contribution < -0.4 is 10.1 Å². The maximum absolute atomic E-state index is 12.6. The van der Waals surface area contributed by atoms with Crippen molar-refractivity contribution in [3.05, 3.63) is 41.8 Å². The fourth-order valence-electron chi connectivity index (χ4n) is 3.50. The minimum absolute atomic E-state index is 0.000339. The lowest BCUT2D eigenvalue weighted by molar-refractivity contribution is -0.116. The van der Waals surface area contributed by atoms with Gasteiger partial charge in [-0.05, 0) is 43.2 Å². The molecule has 7 heteroatoms. The molecule has 0 unspecified atom stereocenters. The number of nitrogens with zero attached hydrogens (tertiary/aromatic N) is 2. The normalized spacial score (nSPS) is 14.8. The third-order valence-electron chi connectivity index (χ3n) is 5.37. The lowest BCUT2D eigenvalue weighted by atomic mass is 9.92. The molecule has 1 N–H and O–H groups in total. The molecule has 156 valence electrons. The summed E-state index contributed by atoms with van der Waals surface area (Å²) in [6, 6.07) is 9.07. The Hall–Kier alpha value is -2.83. The highest BCUT2D eigenvalue weighted by molar-refractivity contribution is 5.92. The number of benzene rings is 1. The van der Waals surface area contributed by atoms with Crippen LogP contribution in [0.2, 0.25) is 0 Å². The van der Waals surface area contributed by atoms with Crippen LogP contribution in [0.15, 0.2) is 34.9 Å². The second-order valence-corrected chi connectivity index (χ2v) is 7.83. The molecule has 1 saturated heterocycles. The van der Waals surface area contributed by atoms with Crippen molar-refractivity contribution in [1.29, 1.82) is 0 Å². The largest absolute Gasteiger partial charge is 0.497 e. The Balaban J connectivity index is 1.42. The van der Waals surface area contributed by atoms with Crippen LogP contribution in [-0.4, -0.2) is 42.1 Å². The van der Waals surface area contributed by atoms with Crippen molar-refractivity contribution >= 4 is 17.5 Å². The van der Waals surface area contributed by atoms with E-state index in [1.54, 1.807) is 19.2 Å². The number of carbonyl (C=O) groups is 2. The third-order valence-corrected chi connectivity index (χ3v) is 5.37. The van der Waals surface area contributed by atoms with Crippen LogP contribution >= 0.6 is 0 Å². The van der Waals surface area contributed by atoms with Gasteiger partial charge in [0.15, 0.2) is 0 Å². The predicted molar refractivity (Wildman–Crippen MR) is 110 cm³/mol. The number of hydrogen-bond acceptors (Lipinski definition) is 5. The molecule has 2 aromatic rings. The highest BCUT2D eigenvalue weighted by Gasteiger charge is 2.26. The monoisotopic (exact) mass is 399 g/mol. The van der Waals surface area contributed by atoms with E-state index < -0.39 is 0 Å². The van der Waals surface area contributed by atoms with Gasteiger partial charge in [-0.3, -0.25) is 9.59 Å². The molecule has 1 aliphatic rings. The first-order chi connectivity index (χ1) is 14.0. The maximum atomic E-state index is 12.6. The number of piperidine rings is 1. The van der Waals surface area contributed by atoms with Gasteiger partial charge in [-0.15, -0.1) is 0 Å². The molecule has 7 nitrogen and oxygen atoms in total. The summed E-state index contributed by atoms with van der Waals surface area (Å²) in [4.78, 5) is 26.6. The van der Waals surface area contributed by atoms with Crippen LogP contribution in [0.25, 0.3) is 0 Å². The first-order valence-electron chi connectivity index (χ1n) is 10.2. The van der Waals surface area contributed by atoms with Crippen molar-refractivity contribution in [1.82, 2.24) is 10.1 Å². The zero-order chi connectivity index (χ0) is 20.8. The Morgan fingerprint density at radius 1 is 1.28 bits per heavy atom. The van der Waals surface area contributed by atoms with Crippen molar-refractivity contribution in [2.24, 2.45) is 5.92 Å². The SMILES string of the molecule is COc1cccc(NC(=O)CCC2CCN(C(=O)c3cc(C(C)C)no3)CC2)c1. The third kappa shape index (κ3) is 5.59. The van der Waals surface area contributed by atoms with Crippen molar-refractivity contribution in [3.8, 4) is 5.75 Å². The van der Waals surface area contributed by atoms with Crippen molar-refractivity contribution in [2.75, 3.05) is 25.5 Å². The van der Waals surface area contributed by atoms with Crippen LogP contribution in [0.4, 0.5) is 5.69 Å². The van der Waals surface area contributed by atoms with Crippen molar-refractivity contribution < 1.29 is 18.8 Å². The zero-order valence-corrected chi connectivity index (χ0v) is 17.3. The van der Waals surface area contributed by atoms with Crippen LogP contribution in [0, 0.1) is 5.92 Å². The van der Waals surface area contributed by atoms with E-state index in [9.17, 15) is 9.59 Å². The summed E-state index contributed by atoms with van der Waals surface area (Å²) in [6.45, 7) is 5.39. The van der Waals surface area contributed by atoms with E-state index in [0.717, 1.165) is 30.6 Å². The molecule has 3 rings (SSSR count). The Morgan fingerprint density at radius 2 is 2.03 bits per heavy atom. The van der Waals surface area contributed by atoms with Crippen LogP contribution in [0.1, 0.15) is 61.7 Å². The molecule has 2 amide bonds. The summed E-state index contributed by atoms with van der Waals surface area (Å²) in [5.74, 6) is 1.60. The first kappa shape index (κ1) is 20.9. The van der Waals surface area contributed by atoms with E-state index in [4.69, 9.17) is 9.26 Å². The second kappa shape index (κ2) is 9.58. The molecule has 1 aromatic heterocycles. The van der Waals surface area contributed by atoms with E-state index in [1.165, 1.54) is 0 Å². The van der Waals surface area contributed by atoms with Gasteiger partial charge in [0.1, 0.15) is 5.75 Å². The number of methoxy groups -OCH3 is 1. The number of hydrogen-bond donors (Lipinski definition) is 1. The summed E-state index contributed by atoms with van der Waals surface area (Å²) < 4.78 is 10.4. The molecule has 0 bridgehead atoms. The molecular formula is C22H29N3O4. The number of anilines is 1. The quantitative estimate of drug-likeness (QED) is 0.758. The van der Waals surface area contributed by atoms with E-state index >= 15 is 0 Å². The number of aromatic nitrogens is 1. The van der Waals surface area contributed by atoms with Gasteiger partial charge < -0.3 is 19.5 Å². The van der Waals surface area contributed by atoms with Gasteiger partial charge in [0, 0.05) is 37.3 Å². The van der Waals surface area contributed by atoms with Gasteiger partial charge in [0.25, 0.3) is 5.91 Å². The summed E-state index contributed by atoms with van der Waals surface area (Å²) >= 11 is 0. The van der Waals surface area contributed by atoms with Crippen molar-refractivity contribution in [3.63, 3.8) is 0 Å². The van der Waals surface area contributed by atoms with Gasteiger partial charge >= 0.3 is 0 Å². The van der Waals surface area contributed by atoms with Crippen LogP contribution in [-0.2, 0) is 4.79 Å². The fourth-order valence-corrected chi connectivity index (χ4v) is 3.50. The number of rotatable bonds is 7. The van der Waals surface area contributed by atoms with E-state index in [-0.39, 0.29) is 17.7 Å². The van der Waals surface area contributed by atoms with Gasteiger partial charge in [0.2, 0.25) is 11.7 Å². The van der Waals surface area contributed by atoms with E-state index in [0.29, 0.717) is 36.9 Å².